The summed E-state index contributed by atoms with van der Waals surface area (Å²) < 4.78 is 2.03. The van der Waals surface area contributed by atoms with Gasteiger partial charge in [0.05, 0.1) is 22.0 Å². The summed E-state index contributed by atoms with van der Waals surface area (Å²) in [7, 11) is 0. The number of carbonyl (C=O) groups excluding carboxylic acids is 1. The van der Waals surface area contributed by atoms with E-state index in [0.29, 0.717) is 15.7 Å². The molecule has 4 nitrogen and oxygen atoms in total. The Morgan fingerprint density at radius 1 is 1.38 bits per heavy atom. The molecule has 0 aliphatic carbocycles. The van der Waals surface area contributed by atoms with Gasteiger partial charge < -0.3 is 9.88 Å². The molecule has 0 saturated heterocycles. The molecular formula is C14H9Cl2N3OS. The molecular weight excluding hydrogens is 329 g/mol. The average molecular weight is 338 g/mol. The summed E-state index contributed by atoms with van der Waals surface area (Å²) in [4.78, 5) is 16.5. The van der Waals surface area contributed by atoms with Gasteiger partial charge in [0.1, 0.15) is 0 Å². The van der Waals surface area contributed by atoms with Crippen LogP contribution in [0.5, 0.6) is 0 Å². The van der Waals surface area contributed by atoms with Crippen LogP contribution in [0.15, 0.2) is 23.4 Å². The number of halogens is 2. The van der Waals surface area contributed by atoms with Crippen LogP contribution in [0.2, 0.25) is 10.2 Å². The Morgan fingerprint density at radius 2 is 2.24 bits per heavy atom. The Hall–Kier alpha value is -1.43. The van der Waals surface area contributed by atoms with Crippen LogP contribution in [-0.4, -0.2) is 21.2 Å². The third-order valence-corrected chi connectivity index (χ3v) is 5.08. The monoisotopic (exact) mass is 337 g/mol. The Labute approximate surface area is 135 Å². The minimum absolute atomic E-state index is 0.171. The fourth-order valence-corrected chi connectivity index (χ4v) is 4.11. The third-order valence-electron chi connectivity index (χ3n) is 3.53. The van der Waals surface area contributed by atoms with Crippen molar-refractivity contribution < 1.29 is 4.79 Å². The lowest BCUT2D eigenvalue weighted by molar-refractivity contribution is -0.110. The van der Waals surface area contributed by atoms with E-state index in [4.69, 9.17) is 23.2 Å². The van der Waals surface area contributed by atoms with E-state index >= 15 is 0 Å². The molecule has 7 heteroatoms. The molecule has 1 N–H and O–H groups in total. The zero-order valence-electron chi connectivity index (χ0n) is 10.7. The molecule has 1 aromatic heterocycles. The number of carbonyl (C=O) groups is 1. The predicted octanol–water partition coefficient (Wildman–Crippen LogP) is 3.79. The van der Waals surface area contributed by atoms with E-state index in [2.05, 4.69) is 10.3 Å². The molecule has 0 radical (unpaired) electrons. The molecule has 1 aromatic carbocycles. The number of nitrogens with zero attached hydrogens (tertiary/aromatic N) is 2. The molecule has 0 unspecified atom stereocenters. The van der Waals surface area contributed by atoms with Crippen LogP contribution in [-0.2, 0) is 11.3 Å². The third kappa shape index (κ3) is 1.99. The molecule has 4 rings (SSSR count). The topological polar surface area (TPSA) is 46.9 Å². The van der Waals surface area contributed by atoms with Crippen LogP contribution in [0, 0.1) is 0 Å². The fourth-order valence-electron chi connectivity index (χ4n) is 2.59. The molecule has 0 bridgehead atoms. The van der Waals surface area contributed by atoms with Gasteiger partial charge in [0.25, 0.3) is 5.91 Å². The van der Waals surface area contributed by atoms with Crippen LogP contribution >= 0.6 is 35.0 Å². The second kappa shape index (κ2) is 4.80. The van der Waals surface area contributed by atoms with Crippen LogP contribution in [0.3, 0.4) is 0 Å². The lowest BCUT2D eigenvalue weighted by atomic mass is 10.1. The number of thioether (sulfide) groups is 1. The lowest BCUT2D eigenvalue weighted by Gasteiger charge is -2.03. The molecule has 106 valence electrons. The van der Waals surface area contributed by atoms with Gasteiger partial charge in [-0.2, -0.15) is 0 Å². The van der Waals surface area contributed by atoms with Crippen LogP contribution in [0.1, 0.15) is 11.3 Å². The highest BCUT2D eigenvalue weighted by Crippen LogP contribution is 2.39. The standard InChI is InChI=1S/C14H9Cl2N3OS/c15-8-2-1-3-9-11(8)7(13(20)17-9)6-10-12(16)18-14-19(10)4-5-21-14/h1-3,6H,4-5H2,(H,17,20). The number of hydrogen-bond donors (Lipinski definition) is 1. The van der Waals surface area contributed by atoms with Crippen molar-refractivity contribution in [2.75, 3.05) is 11.1 Å². The molecule has 0 fully saturated rings. The number of rotatable bonds is 1. The maximum atomic E-state index is 12.2. The number of nitrogens with one attached hydrogen (secondary N) is 1. The van der Waals surface area contributed by atoms with Gasteiger partial charge in [0.15, 0.2) is 10.3 Å². The Morgan fingerprint density at radius 3 is 3.10 bits per heavy atom. The molecule has 2 aliphatic heterocycles. The predicted molar refractivity (Wildman–Crippen MR) is 85.9 cm³/mol. The molecule has 0 spiro atoms. The fraction of sp³-hybridized carbons (Fsp3) is 0.143. The van der Waals surface area contributed by atoms with Crippen molar-refractivity contribution >= 4 is 58.2 Å². The van der Waals surface area contributed by atoms with E-state index in [9.17, 15) is 4.79 Å². The molecule has 2 aliphatic rings. The SMILES string of the molecule is O=C1Nc2cccc(Cl)c2C1=Cc1c(Cl)nc2n1CCS2. The first-order chi connectivity index (χ1) is 10.1. The lowest BCUT2D eigenvalue weighted by Crippen LogP contribution is -2.04. The van der Waals surface area contributed by atoms with Crippen molar-refractivity contribution in [3.05, 3.63) is 39.6 Å². The number of aromatic nitrogens is 2. The first-order valence-corrected chi connectivity index (χ1v) is 8.10. The van der Waals surface area contributed by atoms with Crippen molar-refractivity contribution in [2.45, 2.75) is 11.7 Å². The Balaban J connectivity index is 1.90. The summed E-state index contributed by atoms with van der Waals surface area (Å²) in [5.74, 6) is 0.800. The maximum Gasteiger partial charge on any atom is 0.256 e. The van der Waals surface area contributed by atoms with Crippen LogP contribution in [0.4, 0.5) is 5.69 Å². The minimum Gasteiger partial charge on any atom is -0.321 e. The highest BCUT2D eigenvalue weighted by Gasteiger charge is 2.28. The van der Waals surface area contributed by atoms with Crippen molar-refractivity contribution in [1.29, 1.82) is 0 Å². The van der Waals surface area contributed by atoms with Gasteiger partial charge in [-0.25, -0.2) is 4.98 Å². The van der Waals surface area contributed by atoms with E-state index in [-0.39, 0.29) is 5.91 Å². The normalized spacial score (nSPS) is 18.0. The summed E-state index contributed by atoms with van der Waals surface area (Å²) in [5.41, 5.74) is 2.73. The van der Waals surface area contributed by atoms with Gasteiger partial charge in [-0.1, -0.05) is 41.0 Å². The summed E-state index contributed by atoms with van der Waals surface area (Å²) in [5, 5.41) is 4.67. The minimum atomic E-state index is -0.171. The Bertz CT molecular complexity index is 813. The summed E-state index contributed by atoms with van der Waals surface area (Å²) in [6, 6.07) is 5.41. The van der Waals surface area contributed by atoms with E-state index in [1.54, 1.807) is 23.9 Å². The number of imidazole rings is 1. The first-order valence-electron chi connectivity index (χ1n) is 6.36. The van der Waals surface area contributed by atoms with Crippen LogP contribution < -0.4 is 5.32 Å². The highest BCUT2D eigenvalue weighted by atomic mass is 35.5. The molecule has 0 atom stereocenters. The van der Waals surface area contributed by atoms with Gasteiger partial charge in [-0.3, -0.25) is 4.79 Å². The van der Waals surface area contributed by atoms with Crippen molar-refractivity contribution in [1.82, 2.24) is 9.55 Å². The average Bonchev–Trinajstić information content (AvgIpc) is 3.07. The first kappa shape index (κ1) is 13.2. The number of anilines is 1. The number of fused-ring (bicyclic) bond motifs is 2. The second-order valence-corrected chi connectivity index (χ2v) is 6.57. The van der Waals surface area contributed by atoms with Crippen molar-refractivity contribution in [3.63, 3.8) is 0 Å². The summed E-state index contributed by atoms with van der Waals surface area (Å²) in [6.07, 6.45) is 1.78. The number of amides is 1. The largest absolute Gasteiger partial charge is 0.321 e. The van der Waals surface area contributed by atoms with Gasteiger partial charge in [0, 0.05) is 17.9 Å². The smallest absolute Gasteiger partial charge is 0.256 e. The molecule has 21 heavy (non-hydrogen) atoms. The van der Waals surface area contributed by atoms with E-state index < -0.39 is 0 Å². The zero-order chi connectivity index (χ0) is 14.6. The van der Waals surface area contributed by atoms with Gasteiger partial charge in [-0.15, -0.1) is 0 Å². The second-order valence-electron chi connectivity index (χ2n) is 4.75. The summed E-state index contributed by atoms with van der Waals surface area (Å²) >= 11 is 14.1. The maximum absolute atomic E-state index is 12.2. The molecule has 0 saturated carbocycles. The zero-order valence-corrected chi connectivity index (χ0v) is 13.0. The van der Waals surface area contributed by atoms with Gasteiger partial charge in [0.2, 0.25) is 0 Å². The quantitative estimate of drug-likeness (QED) is 0.805. The van der Waals surface area contributed by atoms with Gasteiger partial charge >= 0.3 is 0 Å². The van der Waals surface area contributed by atoms with Crippen molar-refractivity contribution in [2.24, 2.45) is 0 Å². The summed E-state index contributed by atoms with van der Waals surface area (Å²) in [6.45, 7) is 0.843. The molecule has 3 heterocycles. The van der Waals surface area contributed by atoms with E-state index in [1.807, 2.05) is 16.7 Å². The molecule has 2 aromatic rings. The van der Waals surface area contributed by atoms with E-state index in [1.165, 1.54) is 0 Å². The Kier molecular flexibility index (Phi) is 3.03. The van der Waals surface area contributed by atoms with E-state index in [0.717, 1.165) is 34.4 Å². The highest BCUT2D eigenvalue weighted by molar-refractivity contribution is 7.99. The van der Waals surface area contributed by atoms with Crippen molar-refractivity contribution in [3.8, 4) is 0 Å². The number of benzene rings is 1. The van der Waals surface area contributed by atoms with Crippen LogP contribution in [0.25, 0.3) is 11.6 Å². The molecule has 1 amide bonds. The van der Waals surface area contributed by atoms with Gasteiger partial charge in [-0.05, 0) is 18.2 Å². The number of hydrogen-bond acceptors (Lipinski definition) is 3.